The van der Waals surface area contributed by atoms with Gasteiger partial charge in [0.15, 0.2) is 5.96 Å². The van der Waals surface area contributed by atoms with Crippen LogP contribution in [0.3, 0.4) is 0 Å². The van der Waals surface area contributed by atoms with Gasteiger partial charge in [-0.25, -0.2) is 0 Å². The van der Waals surface area contributed by atoms with Crippen molar-refractivity contribution in [3.05, 3.63) is 53.4 Å². The summed E-state index contributed by atoms with van der Waals surface area (Å²) >= 11 is 0. The second-order valence-corrected chi connectivity index (χ2v) is 8.40. The number of likely N-dealkylation sites (N-methyl/N-ethyl adjacent to an activating group) is 1. The molecule has 0 unspecified atom stereocenters. The lowest BCUT2D eigenvalue weighted by Gasteiger charge is -2.40. The van der Waals surface area contributed by atoms with Crippen LogP contribution in [0.25, 0.3) is 0 Å². The molecule has 2 aliphatic rings. The minimum absolute atomic E-state index is 0.0917. The molecule has 4 rings (SSSR count). The highest BCUT2D eigenvalue weighted by atomic mass is 16.5. The van der Waals surface area contributed by atoms with E-state index in [1.54, 1.807) is 6.26 Å². The Morgan fingerprint density at radius 3 is 2.38 bits per heavy atom. The molecule has 1 aromatic carbocycles. The number of aromatic nitrogens is 1. The first-order valence-corrected chi connectivity index (χ1v) is 10.4. The molecule has 1 aliphatic heterocycles. The highest BCUT2D eigenvalue weighted by Crippen LogP contribution is 2.33. The lowest BCUT2D eigenvalue weighted by Crippen LogP contribution is -2.58. The molecule has 1 aromatic heterocycles. The van der Waals surface area contributed by atoms with E-state index in [1.807, 2.05) is 13.1 Å². The third-order valence-corrected chi connectivity index (χ3v) is 6.44. The molecule has 156 valence electrons. The Labute approximate surface area is 173 Å². The monoisotopic (exact) mass is 396 g/mol. The number of fused-ring (bicyclic) bond motifs is 1. The first-order valence-electron chi connectivity index (χ1n) is 10.4. The summed E-state index contributed by atoms with van der Waals surface area (Å²) in [4.78, 5) is 11.7. The normalized spacial score (nSPS) is 19.6. The standard InChI is InChI=1S/C22H32N6O/c1-23-21(28-11-9-27(10-12-28)16-20-8-13-29-25-20)24-17-22(26(2)3)14-18-6-4-5-7-19(18)15-22/h4-8,13H,9-12,14-17H2,1-3H3,(H,23,24). The van der Waals surface area contributed by atoms with Crippen LogP contribution in [-0.4, -0.2) is 85.2 Å². The molecule has 2 aromatic rings. The number of hydrogen-bond acceptors (Lipinski definition) is 5. The van der Waals surface area contributed by atoms with Gasteiger partial charge >= 0.3 is 0 Å². The van der Waals surface area contributed by atoms with Gasteiger partial charge in [0.05, 0.1) is 5.69 Å². The maximum absolute atomic E-state index is 4.95. The molecule has 29 heavy (non-hydrogen) atoms. The topological polar surface area (TPSA) is 60.1 Å². The number of hydrogen-bond donors (Lipinski definition) is 1. The van der Waals surface area contributed by atoms with Crippen molar-refractivity contribution in [1.82, 2.24) is 25.2 Å². The average Bonchev–Trinajstić information content (AvgIpc) is 3.37. The quantitative estimate of drug-likeness (QED) is 0.610. The van der Waals surface area contributed by atoms with Crippen LogP contribution in [0.2, 0.25) is 0 Å². The molecule has 0 spiro atoms. The zero-order chi connectivity index (χ0) is 20.3. The van der Waals surface area contributed by atoms with Crippen LogP contribution < -0.4 is 5.32 Å². The number of nitrogens with one attached hydrogen (secondary N) is 1. The molecule has 7 heteroatoms. The molecule has 1 fully saturated rings. The Balaban J connectivity index is 1.33. The van der Waals surface area contributed by atoms with E-state index in [0.29, 0.717) is 0 Å². The lowest BCUT2D eigenvalue weighted by molar-refractivity contribution is 0.154. The molecule has 1 saturated heterocycles. The van der Waals surface area contributed by atoms with E-state index >= 15 is 0 Å². The fourth-order valence-electron chi connectivity index (χ4n) is 4.52. The smallest absolute Gasteiger partial charge is 0.193 e. The lowest BCUT2D eigenvalue weighted by atomic mass is 9.94. The molecule has 2 heterocycles. The molecular weight excluding hydrogens is 364 g/mol. The van der Waals surface area contributed by atoms with E-state index in [2.05, 4.69) is 68.5 Å². The molecule has 0 amide bonds. The zero-order valence-corrected chi connectivity index (χ0v) is 17.8. The van der Waals surface area contributed by atoms with E-state index < -0.39 is 0 Å². The Kier molecular flexibility index (Phi) is 5.87. The Morgan fingerprint density at radius 2 is 1.83 bits per heavy atom. The number of benzene rings is 1. The number of rotatable bonds is 5. The van der Waals surface area contributed by atoms with Crippen molar-refractivity contribution >= 4 is 5.96 Å². The van der Waals surface area contributed by atoms with Gasteiger partial charge in [0.1, 0.15) is 6.26 Å². The summed E-state index contributed by atoms with van der Waals surface area (Å²) in [6.07, 6.45) is 3.79. The maximum Gasteiger partial charge on any atom is 0.193 e. The Hall–Kier alpha value is -2.38. The number of nitrogens with zero attached hydrogens (tertiary/aromatic N) is 5. The van der Waals surface area contributed by atoms with Gasteiger partial charge in [-0.1, -0.05) is 29.4 Å². The van der Waals surface area contributed by atoms with Crippen LogP contribution >= 0.6 is 0 Å². The fraction of sp³-hybridized carbons (Fsp3) is 0.545. The minimum Gasteiger partial charge on any atom is -0.364 e. The van der Waals surface area contributed by atoms with Crippen molar-refractivity contribution in [3.8, 4) is 0 Å². The maximum atomic E-state index is 4.95. The van der Waals surface area contributed by atoms with E-state index in [1.165, 1.54) is 11.1 Å². The highest BCUT2D eigenvalue weighted by molar-refractivity contribution is 5.80. The summed E-state index contributed by atoms with van der Waals surface area (Å²) in [5.41, 5.74) is 4.03. The molecule has 0 atom stereocenters. The molecule has 1 N–H and O–H groups in total. The fourth-order valence-corrected chi connectivity index (χ4v) is 4.52. The van der Waals surface area contributed by atoms with Gasteiger partial charge in [0.25, 0.3) is 0 Å². The molecular formula is C22H32N6O. The van der Waals surface area contributed by atoms with E-state index in [9.17, 15) is 0 Å². The van der Waals surface area contributed by atoms with Gasteiger partial charge in [-0.3, -0.25) is 9.89 Å². The largest absolute Gasteiger partial charge is 0.364 e. The van der Waals surface area contributed by atoms with Crippen molar-refractivity contribution in [3.63, 3.8) is 0 Å². The SMILES string of the molecule is CN=C(NCC1(N(C)C)Cc2ccccc2C1)N1CCN(Cc2ccon2)CC1. The highest BCUT2D eigenvalue weighted by Gasteiger charge is 2.39. The Bertz CT molecular complexity index is 799. The second kappa shape index (κ2) is 8.55. The zero-order valence-electron chi connectivity index (χ0n) is 17.8. The number of aliphatic imine (C=N–C) groups is 1. The first-order chi connectivity index (χ1) is 14.1. The third-order valence-electron chi connectivity index (χ3n) is 6.44. The minimum atomic E-state index is 0.0917. The van der Waals surface area contributed by atoms with Crippen LogP contribution in [-0.2, 0) is 19.4 Å². The van der Waals surface area contributed by atoms with Crippen molar-refractivity contribution in [2.45, 2.75) is 24.9 Å². The summed E-state index contributed by atoms with van der Waals surface area (Å²) in [5, 5.41) is 7.71. The van der Waals surface area contributed by atoms with Crippen LogP contribution in [0.15, 0.2) is 46.1 Å². The summed E-state index contributed by atoms with van der Waals surface area (Å²) < 4.78 is 4.95. The van der Waals surface area contributed by atoms with Crippen molar-refractivity contribution in [1.29, 1.82) is 0 Å². The Morgan fingerprint density at radius 1 is 1.14 bits per heavy atom. The van der Waals surface area contributed by atoms with Crippen LogP contribution in [0.4, 0.5) is 0 Å². The third kappa shape index (κ3) is 4.31. The molecule has 7 nitrogen and oxygen atoms in total. The first kappa shape index (κ1) is 19.9. The summed E-state index contributed by atoms with van der Waals surface area (Å²) in [6.45, 7) is 5.66. The summed E-state index contributed by atoms with van der Waals surface area (Å²) in [7, 11) is 6.27. The summed E-state index contributed by atoms with van der Waals surface area (Å²) in [5.74, 6) is 1.00. The predicted octanol–water partition coefficient (Wildman–Crippen LogP) is 1.47. The molecule has 0 bridgehead atoms. The molecule has 0 radical (unpaired) electrons. The van der Waals surface area contributed by atoms with Gasteiger partial charge < -0.3 is 19.6 Å². The van der Waals surface area contributed by atoms with Gasteiger partial charge in [-0.15, -0.1) is 0 Å². The second-order valence-electron chi connectivity index (χ2n) is 8.40. The van der Waals surface area contributed by atoms with Gasteiger partial charge in [0.2, 0.25) is 0 Å². The van der Waals surface area contributed by atoms with Gasteiger partial charge in [-0.2, -0.15) is 0 Å². The van der Waals surface area contributed by atoms with E-state index in [-0.39, 0.29) is 5.54 Å². The predicted molar refractivity (Wildman–Crippen MR) is 115 cm³/mol. The van der Waals surface area contributed by atoms with Crippen molar-refractivity contribution < 1.29 is 4.52 Å². The number of guanidine groups is 1. The van der Waals surface area contributed by atoms with Gasteiger partial charge in [0, 0.05) is 57.9 Å². The average molecular weight is 397 g/mol. The van der Waals surface area contributed by atoms with Crippen LogP contribution in [0, 0.1) is 0 Å². The number of piperazine rings is 1. The van der Waals surface area contributed by atoms with Crippen molar-refractivity contribution in [2.75, 3.05) is 53.9 Å². The van der Waals surface area contributed by atoms with E-state index in [4.69, 9.17) is 4.52 Å². The summed E-state index contributed by atoms with van der Waals surface area (Å²) in [6, 6.07) is 10.8. The van der Waals surface area contributed by atoms with Gasteiger partial charge in [-0.05, 0) is 38.1 Å². The van der Waals surface area contributed by atoms with E-state index in [0.717, 1.165) is 63.8 Å². The molecule has 0 saturated carbocycles. The van der Waals surface area contributed by atoms with Crippen LogP contribution in [0.5, 0.6) is 0 Å². The molecule has 1 aliphatic carbocycles. The van der Waals surface area contributed by atoms with Crippen LogP contribution in [0.1, 0.15) is 16.8 Å². The van der Waals surface area contributed by atoms with Crippen molar-refractivity contribution in [2.24, 2.45) is 4.99 Å².